The van der Waals surface area contributed by atoms with E-state index in [0.717, 1.165) is 5.39 Å². The fourth-order valence-corrected chi connectivity index (χ4v) is 4.05. The first-order valence-electron chi connectivity index (χ1n) is 10.4. The number of amides is 2. The predicted octanol–water partition coefficient (Wildman–Crippen LogP) is 1.30. The average Bonchev–Trinajstić information content (AvgIpc) is 3.40. The van der Waals surface area contributed by atoms with Crippen molar-refractivity contribution in [1.82, 2.24) is 29.5 Å². The Kier molecular flexibility index (Phi) is 4.96. The van der Waals surface area contributed by atoms with Gasteiger partial charge in [0.2, 0.25) is 11.5 Å². The number of aryl methyl sites for hydroxylation is 1. The molecule has 32 heavy (non-hydrogen) atoms. The third-order valence-electron chi connectivity index (χ3n) is 5.81. The van der Waals surface area contributed by atoms with E-state index in [-0.39, 0.29) is 35.5 Å². The van der Waals surface area contributed by atoms with Crippen LogP contribution in [0, 0.1) is 0 Å². The van der Waals surface area contributed by atoms with Crippen molar-refractivity contribution in [3.05, 3.63) is 58.9 Å². The van der Waals surface area contributed by atoms with E-state index in [0.29, 0.717) is 42.6 Å². The van der Waals surface area contributed by atoms with Gasteiger partial charge in [-0.1, -0.05) is 12.1 Å². The number of piperidine rings is 1. The van der Waals surface area contributed by atoms with Crippen LogP contribution in [-0.4, -0.2) is 55.2 Å². The zero-order valence-corrected chi connectivity index (χ0v) is 17.5. The quantitative estimate of drug-likeness (QED) is 0.518. The molecule has 1 aromatic carbocycles. The molecule has 0 atom stereocenters. The second-order valence-electron chi connectivity index (χ2n) is 7.98. The lowest BCUT2D eigenvalue weighted by Gasteiger charge is -2.32. The third-order valence-corrected chi connectivity index (χ3v) is 5.81. The van der Waals surface area contributed by atoms with Gasteiger partial charge in [0.05, 0.1) is 18.1 Å². The zero-order chi connectivity index (χ0) is 22.2. The van der Waals surface area contributed by atoms with Crippen LogP contribution >= 0.6 is 0 Å². The highest BCUT2D eigenvalue weighted by molar-refractivity contribution is 6.01. The summed E-state index contributed by atoms with van der Waals surface area (Å²) in [6, 6.07) is 7.30. The predicted molar refractivity (Wildman–Crippen MR) is 116 cm³/mol. The molecule has 10 heteroatoms. The Bertz CT molecular complexity index is 1380. The van der Waals surface area contributed by atoms with Crippen molar-refractivity contribution < 1.29 is 14.0 Å². The monoisotopic (exact) mass is 434 g/mol. The van der Waals surface area contributed by atoms with Crippen molar-refractivity contribution in [2.24, 2.45) is 7.05 Å². The highest BCUT2D eigenvalue weighted by Crippen LogP contribution is 2.24. The number of para-hydroxylation sites is 1. The first kappa shape index (κ1) is 20.0. The summed E-state index contributed by atoms with van der Waals surface area (Å²) in [6.07, 6.45) is 5.88. The summed E-state index contributed by atoms with van der Waals surface area (Å²) in [5.41, 5.74) is 1.38. The number of hydrogen-bond acceptors (Lipinski definition) is 6. The maximum absolute atomic E-state index is 12.8. The van der Waals surface area contributed by atoms with Crippen LogP contribution in [0.25, 0.3) is 22.1 Å². The number of aromatic nitrogens is 4. The van der Waals surface area contributed by atoms with Crippen molar-refractivity contribution in [3.8, 4) is 0 Å². The molecule has 0 unspecified atom stereocenters. The first-order chi connectivity index (χ1) is 15.5. The smallest absolute Gasteiger partial charge is 0.297 e. The lowest BCUT2D eigenvalue weighted by atomic mass is 10.0. The third kappa shape index (κ3) is 3.64. The molecule has 1 N–H and O–H groups in total. The number of fused-ring (bicyclic) bond motifs is 3. The molecule has 1 fully saturated rings. The van der Waals surface area contributed by atoms with Crippen LogP contribution in [0.4, 0.5) is 0 Å². The van der Waals surface area contributed by atoms with E-state index < -0.39 is 0 Å². The van der Waals surface area contributed by atoms with Crippen LogP contribution in [0.15, 0.2) is 52.2 Å². The van der Waals surface area contributed by atoms with Gasteiger partial charge in [0.25, 0.3) is 11.5 Å². The van der Waals surface area contributed by atoms with Gasteiger partial charge in [-0.15, -0.1) is 0 Å². The molecular formula is C22H22N6O4. The standard InChI is InChI=1S/C22H22N6O4/c1-26-11-14(10-24-26)21(30)25-15-6-8-27(9-7-15)18(29)12-28-13-23-19-16-4-2-3-5-17(16)32-20(19)22(28)31/h2-5,10-11,13,15H,6-9,12H2,1H3,(H,25,30). The molecule has 0 saturated carbocycles. The Morgan fingerprint density at radius 2 is 2.00 bits per heavy atom. The van der Waals surface area contributed by atoms with Gasteiger partial charge in [-0.25, -0.2) is 4.98 Å². The van der Waals surface area contributed by atoms with Gasteiger partial charge < -0.3 is 14.6 Å². The van der Waals surface area contributed by atoms with E-state index in [2.05, 4.69) is 15.4 Å². The van der Waals surface area contributed by atoms with Crippen LogP contribution < -0.4 is 10.9 Å². The van der Waals surface area contributed by atoms with Gasteiger partial charge in [0.15, 0.2) is 0 Å². The minimum absolute atomic E-state index is 0.0111. The Hall–Kier alpha value is -3.95. The number of rotatable bonds is 4. The van der Waals surface area contributed by atoms with Crippen LogP contribution in [0.3, 0.4) is 0 Å². The van der Waals surface area contributed by atoms with Gasteiger partial charge in [-0.2, -0.15) is 5.10 Å². The Labute approximate surface area is 182 Å². The van der Waals surface area contributed by atoms with Crippen molar-refractivity contribution in [2.45, 2.75) is 25.4 Å². The van der Waals surface area contributed by atoms with E-state index in [1.165, 1.54) is 17.1 Å². The highest BCUT2D eigenvalue weighted by Gasteiger charge is 2.25. The first-order valence-corrected chi connectivity index (χ1v) is 10.4. The number of carbonyl (C=O) groups excluding carboxylic acids is 2. The molecule has 10 nitrogen and oxygen atoms in total. The van der Waals surface area contributed by atoms with E-state index in [1.54, 1.807) is 28.9 Å². The highest BCUT2D eigenvalue weighted by atomic mass is 16.3. The number of benzene rings is 1. The second-order valence-corrected chi connectivity index (χ2v) is 7.98. The fraction of sp³-hybridized carbons (Fsp3) is 0.318. The number of hydrogen-bond donors (Lipinski definition) is 1. The molecule has 3 aromatic heterocycles. The molecule has 4 aromatic rings. The average molecular weight is 434 g/mol. The number of likely N-dealkylation sites (tertiary alicyclic amines) is 1. The van der Waals surface area contributed by atoms with E-state index in [4.69, 9.17) is 4.42 Å². The maximum Gasteiger partial charge on any atom is 0.297 e. The number of carbonyl (C=O) groups is 2. The molecule has 164 valence electrons. The summed E-state index contributed by atoms with van der Waals surface area (Å²) >= 11 is 0. The molecule has 1 aliphatic rings. The summed E-state index contributed by atoms with van der Waals surface area (Å²) in [7, 11) is 1.76. The normalized spacial score (nSPS) is 14.8. The molecule has 0 radical (unpaired) electrons. The van der Waals surface area contributed by atoms with Crippen LogP contribution in [0.1, 0.15) is 23.2 Å². The lowest BCUT2D eigenvalue weighted by molar-refractivity contribution is -0.133. The molecular weight excluding hydrogens is 412 g/mol. The van der Waals surface area contributed by atoms with E-state index in [1.807, 2.05) is 18.2 Å². The van der Waals surface area contributed by atoms with Gasteiger partial charge in [0.1, 0.15) is 17.6 Å². The largest absolute Gasteiger partial charge is 0.448 e. The van der Waals surface area contributed by atoms with Crippen molar-refractivity contribution in [1.29, 1.82) is 0 Å². The maximum atomic E-state index is 12.8. The topological polar surface area (TPSA) is 115 Å². The van der Waals surface area contributed by atoms with E-state index in [9.17, 15) is 14.4 Å². The Morgan fingerprint density at radius 3 is 2.75 bits per heavy atom. The molecule has 0 aliphatic carbocycles. The molecule has 2 amide bonds. The molecule has 0 spiro atoms. The lowest BCUT2D eigenvalue weighted by Crippen LogP contribution is -2.47. The minimum atomic E-state index is -0.377. The van der Waals surface area contributed by atoms with Gasteiger partial charge >= 0.3 is 0 Å². The van der Waals surface area contributed by atoms with Crippen molar-refractivity contribution >= 4 is 33.9 Å². The van der Waals surface area contributed by atoms with Crippen LogP contribution in [0.5, 0.6) is 0 Å². The Balaban J connectivity index is 1.23. The summed E-state index contributed by atoms with van der Waals surface area (Å²) < 4.78 is 8.53. The second kappa shape index (κ2) is 7.95. The molecule has 0 bridgehead atoms. The van der Waals surface area contributed by atoms with E-state index >= 15 is 0 Å². The summed E-state index contributed by atoms with van der Waals surface area (Å²) in [4.78, 5) is 44.0. The van der Waals surface area contributed by atoms with Crippen LogP contribution in [0.2, 0.25) is 0 Å². The van der Waals surface area contributed by atoms with Crippen LogP contribution in [-0.2, 0) is 18.4 Å². The van der Waals surface area contributed by atoms with Crippen molar-refractivity contribution in [3.63, 3.8) is 0 Å². The zero-order valence-electron chi connectivity index (χ0n) is 17.5. The summed E-state index contributed by atoms with van der Waals surface area (Å²) in [6.45, 7) is 0.906. The fourth-order valence-electron chi connectivity index (χ4n) is 4.05. The number of nitrogens with one attached hydrogen (secondary N) is 1. The minimum Gasteiger partial charge on any atom is -0.448 e. The van der Waals surface area contributed by atoms with Gasteiger partial charge in [-0.05, 0) is 25.0 Å². The van der Waals surface area contributed by atoms with Gasteiger partial charge in [0, 0.05) is 37.8 Å². The molecule has 1 aliphatic heterocycles. The Morgan fingerprint density at radius 1 is 1.22 bits per heavy atom. The molecule has 1 saturated heterocycles. The molecule has 4 heterocycles. The SMILES string of the molecule is Cn1cc(C(=O)NC2CCN(C(=O)Cn3cnc4c(oc5ccccc54)c3=O)CC2)cn1. The van der Waals surface area contributed by atoms with Gasteiger partial charge in [-0.3, -0.25) is 23.6 Å². The van der Waals surface area contributed by atoms with Crippen molar-refractivity contribution in [2.75, 3.05) is 13.1 Å². The summed E-state index contributed by atoms with van der Waals surface area (Å²) in [5, 5.41) is 7.77. The number of furan rings is 1. The summed E-state index contributed by atoms with van der Waals surface area (Å²) in [5.74, 6) is -0.332. The number of nitrogens with zero attached hydrogens (tertiary/aromatic N) is 5. The molecule has 5 rings (SSSR count).